The molecule has 8 heteroatoms. The molecule has 0 fully saturated rings. The van der Waals surface area contributed by atoms with Crippen LogP contribution in [0.2, 0.25) is 0 Å². The van der Waals surface area contributed by atoms with Crippen molar-refractivity contribution in [3.8, 4) is 0 Å². The zero-order chi connectivity index (χ0) is 16.0. The summed E-state index contributed by atoms with van der Waals surface area (Å²) < 4.78 is 12.3. The number of benzene rings is 1. The number of hydrogen-bond acceptors (Lipinski definition) is 3. The Balaban J connectivity index is 2.91. The number of carboxylic acids is 2. The highest BCUT2D eigenvalue weighted by molar-refractivity contribution is 7.35. The highest BCUT2D eigenvalue weighted by Crippen LogP contribution is 2.29. The van der Waals surface area contributed by atoms with Crippen LogP contribution in [-0.4, -0.2) is 37.8 Å². The van der Waals surface area contributed by atoms with Crippen LogP contribution in [0.1, 0.15) is 24.0 Å². The van der Waals surface area contributed by atoms with Gasteiger partial charge in [0.15, 0.2) is 6.04 Å². The van der Waals surface area contributed by atoms with Crippen molar-refractivity contribution >= 4 is 20.1 Å². The van der Waals surface area contributed by atoms with Crippen molar-refractivity contribution in [3.05, 3.63) is 35.4 Å². The zero-order valence-corrected chi connectivity index (χ0v) is 12.4. The van der Waals surface area contributed by atoms with E-state index in [2.05, 4.69) is 0 Å². The first kappa shape index (κ1) is 17.2. The lowest BCUT2D eigenvalue weighted by Gasteiger charge is -2.16. The fourth-order valence-corrected chi connectivity index (χ4v) is 2.57. The van der Waals surface area contributed by atoms with E-state index in [-0.39, 0.29) is 19.4 Å². The molecule has 0 aliphatic carbocycles. The molecule has 1 rings (SSSR count). The Bertz CT molecular complexity index is 530. The minimum atomic E-state index is -2.89. The topological polar surface area (TPSA) is 115 Å². The fraction of sp³-hybridized carbons (Fsp3) is 0.385. The summed E-state index contributed by atoms with van der Waals surface area (Å²) in [6, 6.07) is 5.76. The monoisotopic (exact) mass is 314 g/mol. The van der Waals surface area contributed by atoms with Crippen molar-refractivity contribution in [2.45, 2.75) is 32.4 Å². The molecule has 1 aromatic carbocycles. The number of hydrogen-bond donors (Lipinski definition) is 3. The molecule has 21 heavy (non-hydrogen) atoms. The van der Waals surface area contributed by atoms with Gasteiger partial charge in [-0.15, -0.1) is 4.89 Å². The SMILES string of the molecule is Cc1ccc(CN(C(CCC(=O)O)C(=O)O)[P+](=O)O)cc1. The van der Waals surface area contributed by atoms with E-state index in [0.29, 0.717) is 5.56 Å². The third-order valence-corrected chi connectivity index (χ3v) is 3.82. The fourth-order valence-electron chi connectivity index (χ4n) is 1.83. The summed E-state index contributed by atoms with van der Waals surface area (Å²) >= 11 is 0. The molecule has 0 radical (unpaired) electrons. The number of aliphatic carboxylic acids is 2. The van der Waals surface area contributed by atoms with E-state index in [9.17, 15) is 19.0 Å². The molecule has 0 amide bonds. The van der Waals surface area contributed by atoms with Gasteiger partial charge in [0, 0.05) is 6.42 Å². The summed E-state index contributed by atoms with van der Waals surface area (Å²) in [6.07, 6.45) is -0.622. The van der Waals surface area contributed by atoms with Gasteiger partial charge >= 0.3 is 20.1 Å². The summed E-state index contributed by atoms with van der Waals surface area (Å²) in [5.74, 6) is -2.47. The van der Waals surface area contributed by atoms with Crippen molar-refractivity contribution in [3.63, 3.8) is 0 Å². The first-order valence-corrected chi connectivity index (χ1v) is 7.40. The Kier molecular flexibility index (Phi) is 6.42. The second-order valence-corrected chi connectivity index (χ2v) is 5.64. The normalized spacial score (nSPS) is 13.0. The first-order valence-electron chi connectivity index (χ1n) is 6.24. The summed E-state index contributed by atoms with van der Waals surface area (Å²) in [4.78, 5) is 31.1. The van der Waals surface area contributed by atoms with Crippen molar-refractivity contribution in [2.24, 2.45) is 0 Å². The maximum atomic E-state index is 11.4. The average Bonchev–Trinajstić information content (AvgIpc) is 2.39. The molecule has 0 saturated carbocycles. The molecule has 7 nitrogen and oxygen atoms in total. The summed E-state index contributed by atoms with van der Waals surface area (Å²) in [6.45, 7) is 1.85. The number of carboxylic acid groups (broad SMARTS) is 2. The molecule has 0 saturated heterocycles. The molecule has 0 spiro atoms. The molecule has 2 atom stereocenters. The quantitative estimate of drug-likeness (QED) is 0.626. The minimum absolute atomic E-state index is 0.0391. The van der Waals surface area contributed by atoms with E-state index in [1.807, 2.05) is 19.1 Å². The van der Waals surface area contributed by atoms with Crippen LogP contribution in [0.4, 0.5) is 0 Å². The van der Waals surface area contributed by atoms with E-state index < -0.39 is 26.2 Å². The van der Waals surface area contributed by atoms with E-state index in [0.717, 1.165) is 10.2 Å². The maximum absolute atomic E-state index is 11.4. The molecule has 3 N–H and O–H groups in total. The predicted octanol–water partition coefficient (Wildman–Crippen LogP) is 1.76. The van der Waals surface area contributed by atoms with Crippen molar-refractivity contribution in [1.29, 1.82) is 0 Å². The van der Waals surface area contributed by atoms with Crippen LogP contribution in [0.5, 0.6) is 0 Å². The third-order valence-electron chi connectivity index (χ3n) is 2.96. The van der Waals surface area contributed by atoms with E-state index in [4.69, 9.17) is 10.2 Å². The van der Waals surface area contributed by atoms with Crippen LogP contribution in [0, 0.1) is 6.92 Å². The van der Waals surface area contributed by atoms with Gasteiger partial charge in [0.25, 0.3) is 0 Å². The Hall–Kier alpha value is -1.82. The molecule has 114 valence electrons. The van der Waals surface area contributed by atoms with Crippen molar-refractivity contribution < 1.29 is 29.3 Å². The van der Waals surface area contributed by atoms with E-state index in [1.54, 1.807) is 12.1 Å². The van der Waals surface area contributed by atoms with Gasteiger partial charge in [-0.1, -0.05) is 29.8 Å². The molecule has 0 bridgehead atoms. The molecule has 2 unspecified atom stereocenters. The van der Waals surface area contributed by atoms with Gasteiger partial charge in [-0.25, -0.2) is 0 Å². The summed E-state index contributed by atoms with van der Waals surface area (Å²) in [5, 5.41) is 17.8. The highest BCUT2D eigenvalue weighted by atomic mass is 31.1. The van der Waals surface area contributed by atoms with Crippen LogP contribution in [0.25, 0.3) is 0 Å². The highest BCUT2D eigenvalue weighted by Gasteiger charge is 2.39. The van der Waals surface area contributed by atoms with Gasteiger partial charge in [0.1, 0.15) is 0 Å². The van der Waals surface area contributed by atoms with E-state index >= 15 is 0 Å². The molecule has 1 aromatic rings. The molecule has 0 aliphatic rings. The average molecular weight is 314 g/mol. The Morgan fingerprint density at radius 1 is 1.24 bits per heavy atom. The van der Waals surface area contributed by atoms with Gasteiger partial charge in [-0.3, -0.25) is 9.59 Å². The predicted molar refractivity (Wildman–Crippen MR) is 74.8 cm³/mol. The molecule has 0 aliphatic heterocycles. The van der Waals surface area contributed by atoms with Gasteiger partial charge in [0.05, 0.1) is 6.54 Å². The first-order chi connectivity index (χ1) is 9.81. The lowest BCUT2D eigenvalue weighted by Crippen LogP contribution is -2.36. The van der Waals surface area contributed by atoms with Gasteiger partial charge < -0.3 is 10.2 Å². The standard InChI is InChI=1S/C13H16NO6P/c1-9-2-4-10(5-3-9)8-14(21(19)20)11(13(17)18)6-7-12(15)16/h2-5,11H,6-8H2,1H3,(H2-,15,16,17,18,19,20)/p+1. The van der Waals surface area contributed by atoms with Gasteiger partial charge in [0.2, 0.25) is 0 Å². The Labute approximate surface area is 122 Å². The summed E-state index contributed by atoms with van der Waals surface area (Å²) in [5.41, 5.74) is 1.69. The molecule has 0 aromatic heterocycles. The van der Waals surface area contributed by atoms with Crippen molar-refractivity contribution in [1.82, 2.24) is 4.67 Å². The van der Waals surface area contributed by atoms with Crippen LogP contribution in [0.15, 0.2) is 24.3 Å². The van der Waals surface area contributed by atoms with Crippen LogP contribution >= 0.6 is 8.18 Å². The van der Waals surface area contributed by atoms with Gasteiger partial charge in [-0.05, 0) is 28.1 Å². The molecule has 0 heterocycles. The number of aryl methyl sites for hydroxylation is 1. The Morgan fingerprint density at radius 3 is 2.24 bits per heavy atom. The number of nitrogens with zero attached hydrogens (tertiary/aromatic N) is 1. The van der Waals surface area contributed by atoms with Gasteiger partial charge in [-0.2, -0.15) is 0 Å². The van der Waals surface area contributed by atoms with Crippen LogP contribution in [0.3, 0.4) is 0 Å². The maximum Gasteiger partial charge on any atom is 0.614 e. The number of carbonyl (C=O) groups is 2. The Morgan fingerprint density at radius 2 is 1.81 bits per heavy atom. The van der Waals surface area contributed by atoms with Crippen LogP contribution in [-0.2, 0) is 20.7 Å². The minimum Gasteiger partial charge on any atom is -0.481 e. The molecular formula is C13H17NO6P+. The van der Waals surface area contributed by atoms with Crippen molar-refractivity contribution in [2.75, 3.05) is 0 Å². The largest absolute Gasteiger partial charge is 0.614 e. The second-order valence-electron chi connectivity index (χ2n) is 4.62. The van der Waals surface area contributed by atoms with Crippen LogP contribution < -0.4 is 0 Å². The zero-order valence-electron chi connectivity index (χ0n) is 11.5. The third kappa shape index (κ3) is 5.59. The lowest BCUT2D eigenvalue weighted by molar-refractivity contribution is -0.143. The number of rotatable bonds is 8. The van der Waals surface area contributed by atoms with E-state index in [1.165, 1.54) is 0 Å². The molecular weight excluding hydrogens is 297 g/mol. The summed E-state index contributed by atoms with van der Waals surface area (Å²) in [7, 11) is -2.89. The lowest BCUT2D eigenvalue weighted by atomic mass is 10.1. The second kappa shape index (κ2) is 7.83. The smallest absolute Gasteiger partial charge is 0.481 e.